The average molecular weight is 321 g/mol. The van der Waals surface area contributed by atoms with E-state index in [1.54, 1.807) is 0 Å². The summed E-state index contributed by atoms with van der Waals surface area (Å²) in [6.07, 6.45) is 0. The van der Waals surface area contributed by atoms with Crippen LogP contribution in [0.2, 0.25) is 0 Å². The molecule has 0 bridgehead atoms. The van der Waals surface area contributed by atoms with Crippen LogP contribution in [0, 0.1) is 0 Å². The number of hydrogen-bond acceptors (Lipinski definition) is 2. The van der Waals surface area contributed by atoms with E-state index in [1.807, 2.05) is 0 Å². The van der Waals surface area contributed by atoms with Crippen LogP contribution in [-0.2, 0) is 5.63 Å². The van der Waals surface area contributed by atoms with E-state index in [2.05, 4.69) is 12.2 Å². The van der Waals surface area contributed by atoms with Gasteiger partial charge in [0.15, 0.2) is 0 Å². The molecule has 0 aliphatic heterocycles. The van der Waals surface area contributed by atoms with Gasteiger partial charge in [-0.05, 0) is 0 Å². The summed E-state index contributed by atoms with van der Waals surface area (Å²) in [4.78, 5) is 0. The molecule has 0 aromatic rings. The maximum atomic E-state index is 9.09. The zero-order valence-electron chi connectivity index (χ0n) is 1.64. The molecule has 0 amide bonds. The van der Waals surface area contributed by atoms with Crippen LogP contribution >= 0.6 is 12.2 Å². The van der Waals surface area contributed by atoms with Gasteiger partial charge in [0.05, 0.1) is 0 Å². The Morgan fingerprint density at radius 1 is 1.50 bits per heavy atom. The fourth-order valence-corrected chi connectivity index (χ4v) is 0. The van der Waals surface area contributed by atoms with Gasteiger partial charge in [0.2, 0.25) is 0 Å². The molecule has 0 N–H and O–H groups in total. The van der Waals surface area contributed by atoms with Crippen LogP contribution in [0.3, 0.4) is 0 Å². The summed E-state index contributed by atoms with van der Waals surface area (Å²) in [5, 5.41) is 0. The monoisotopic (exact) mass is 320 g/mol. The second kappa shape index (κ2) is 2.22. The quantitative estimate of drug-likeness (QED) is 0.599. The summed E-state index contributed by atoms with van der Waals surface area (Å²) < 4.78 is 18.2. The molecular formula is BiBrO2. The van der Waals surface area contributed by atoms with Gasteiger partial charge in [-0.15, -0.1) is 0 Å². The first kappa shape index (κ1) is 4.96. The molecule has 0 aromatic heterocycles. The van der Waals surface area contributed by atoms with Crippen molar-refractivity contribution in [3.8, 4) is 0 Å². The average Bonchev–Trinajstić information content (AvgIpc) is 0.811. The molecule has 0 aromatic carbocycles. The van der Waals surface area contributed by atoms with Gasteiger partial charge in [-0.3, -0.25) is 0 Å². The molecule has 4 heavy (non-hydrogen) atoms. The molecule has 0 unspecified atom stereocenters. The Kier molecular flexibility index (Phi) is 2.75. The molecule has 0 rings (SSSR count). The Morgan fingerprint density at radius 3 is 1.50 bits per heavy atom. The third kappa shape index (κ3) is 12.3. The minimum absolute atomic E-state index is 2.36. The fourth-order valence-electron chi connectivity index (χ4n) is 0. The van der Waals surface area contributed by atoms with Crippen molar-refractivity contribution in [2.75, 3.05) is 0 Å². The van der Waals surface area contributed by atoms with E-state index in [9.17, 15) is 0 Å². The summed E-state index contributed by atoms with van der Waals surface area (Å²) in [6, 6.07) is 0. The van der Waals surface area contributed by atoms with Gasteiger partial charge >= 0.3 is 37.3 Å². The zero-order chi connectivity index (χ0) is 3.58. The normalized spacial score (nSPS) is 6.25. The molecule has 0 saturated carbocycles. The second-order valence-electron chi connectivity index (χ2n) is 0.213. The number of halogens is 1. The van der Waals surface area contributed by atoms with Crippen LogP contribution in [-0.4, -0.2) is 19.4 Å². The number of hydrogen-bond donors (Lipinski definition) is 0. The van der Waals surface area contributed by atoms with Gasteiger partial charge in [0.1, 0.15) is 0 Å². The van der Waals surface area contributed by atoms with Crippen molar-refractivity contribution >= 4 is 31.6 Å². The van der Waals surface area contributed by atoms with Crippen molar-refractivity contribution in [3.63, 3.8) is 0 Å². The molecule has 0 spiro atoms. The molecule has 2 nitrogen and oxygen atoms in total. The summed E-state index contributed by atoms with van der Waals surface area (Å²) in [5.74, 6) is 0. The van der Waals surface area contributed by atoms with E-state index in [4.69, 9.17) is 5.63 Å². The third-order valence-electron chi connectivity index (χ3n) is 0. The molecule has 0 atom stereocenters. The zero-order valence-corrected chi connectivity index (χ0v) is 6.70. The maximum absolute atomic E-state index is 9.09. The molecule has 0 fully saturated rings. The topological polar surface area (TPSA) is 34.1 Å². The van der Waals surface area contributed by atoms with Crippen molar-refractivity contribution in [1.82, 2.24) is 0 Å². The van der Waals surface area contributed by atoms with Gasteiger partial charge in [0, 0.05) is 0 Å². The van der Waals surface area contributed by atoms with Gasteiger partial charge in [-0.2, -0.15) is 0 Å². The predicted molar refractivity (Wildman–Crippen MR) is 16.1 cm³/mol. The Balaban J connectivity index is 3.51. The molecule has 4 heteroatoms. The van der Waals surface area contributed by atoms with Crippen LogP contribution in [0.1, 0.15) is 0 Å². The Labute approximate surface area is 37.2 Å². The van der Waals surface area contributed by atoms with E-state index in [-0.39, 0.29) is 0 Å². The standard InChI is InChI=1S/Bi.BrH.2O/h;1H;;/q+1;;;/p-1. The molecule has 0 aliphatic rings. The predicted octanol–water partition coefficient (Wildman–Crippen LogP) is 0.227. The van der Waals surface area contributed by atoms with Crippen molar-refractivity contribution in [2.45, 2.75) is 0 Å². The van der Waals surface area contributed by atoms with Gasteiger partial charge in [-0.1, -0.05) is 0 Å². The van der Waals surface area contributed by atoms with Crippen LogP contribution in [0.4, 0.5) is 0 Å². The number of rotatable bonds is 0. The van der Waals surface area contributed by atoms with Crippen molar-refractivity contribution in [1.29, 1.82) is 0 Å². The van der Waals surface area contributed by atoms with Gasteiger partial charge in [0.25, 0.3) is 0 Å². The summed E-state index contributed by atoms with van der Waals surface area (Å²) in [6.45, 7) is 0. The Bertz CT molecular complexity index is 54.4. The van der Waals surface area contributed by atoms with Crippen molar-refractivity contribution in [3.05, 3.63) is 0 Å². The van der Waals surface area contributed by atoms with E-state index in [0.29, 0.717) is 0 Å². The third-order valence-corrected chi connectivity index (χ3v) is 0. The Hall–Kier alpha value is 0.963. The first-order valence-corrected chi connectivity index (χ1v) is 10.9. The molecule has 0 radical (unpaired) electrons. The molecule has 0 saturated heterocycles. The molecule has 0 aliphatic carbocycles. The van der Waals surface area contributed by atoms with Crippen LogP contribution < -0.4 is 0 Å². The second-order valence-corrected chi connectivity index (χ2v) is 6.95. The summed E-state index contributed by atoms with van der Waals surface area (Å²) >= 11 is -0.917. The Morgan fingerprint density at radius 2 is 1.50 bits per heavy atom. The van der Waals surface area contributed by atoms with Crippen molar-refractivity contribution in [2.24, 2.45) is 0 Å². The van der Waals surface area contributed by atoms with Gasteiger partial charge in [-0.25, -0.2) is 0 Å². The van der Waals surface area contributed by atoms with Crippen LogP contribution in [0.15, 0.2) is 0 Å². The SMILES string of the molecule is [O]=[Bi](=[O])[Br]. The van der Waals surface area contributed by atoms with E-state index < -0.39 is 19.4 Å². The van der Waals surface area contributed by atoms with E-state index >= 15 is 0 Å². The van der Waals surface area contributed by atoms with Crippen LogP contribution in [0.25, 0.3) is 0 Å². The van der Waals surface area contributed by atoms with Crippen LogP contribution in [0.5, 0.6) is 0 Å². The molecule has 0 heterocycles. The fraction of sp³-hybridized carbons (Fsp3) is 0. The minimum atomic E-state index is -3.28. The first-order chi connectivity index (χ1) is 1.73. The molecular weight excluding hydrogens is 321 g/mol. The van der Waals surface area contributed by atoms with E-state index in [1.165, 1.54) is 0 Å². The van der Waals surface area contributed by atoms with E-state index in [0.717, 1.165) is 0 Å². The van der Waals surface area contributed by atoms with Crippen molar-refractivity contribution < 1.29 is 5.63 Å². The summed E-state index contributed by atoms with van der Waals surface area (Å²) in [7, 11) is 0. The molecule has 24 valence electrons. The van der Waals surface area contributed by atoms with Gasteiger partial charge < -0.3 is 0 Å². The summed E-state index contributed by atoms with van der Waals surface area (Å²) in [5.41, 5.74) is 0. The first-order valence-electron chi connectivity index (χ1n) is 0.534.